The number of carbonyl (C=O) groups excluding carboxylic acids is 2. The molecule has 0 aliphatic carbocycles. The Kier molecular flexibility index (Phi) is 6.41. The molecule has 0 heterocycles. The molecule has 2 amide bonds. The van der Waals surface area contributed by atoms with Crippen LogP contribution in [0.15, 0.2) is 18.2 Å². The zero-order chi connectivity index (χ0) is 16.0. The minimum absolute atomic E-state index is 0.285. The van der Waals surface area contributed by atoms with Gasteiger partial charge in [0, 0.05) is 5.02 Å². The molecule has 0 saturated carbocycles. The number of carboxylic acid groups (broad SMARTS) is 1. The molecule has 0 aliphatic heterocycles. The molecule has 0 spiro atoms. The fourth-order valence-corrected chi connectivity index (χ4v) is 1.90. The van der Waals surface area contributed by atoms with Crippen molar-refractivity contribution in [1.29, 1.82) is 0 Å². The Morgan fingerprint density at radius 1 is 1.19 bits per heavy atom. The number of rotatable bonds is 7. The lowest BCUT2D eigenvalue weighted by atomic mass is 10.3. The maximum absolute atomic E-state index is 11.8. The van der Waals surface area contributed by atoms with E-state index in [0.29, 0.717) is 10.7 Å². The first-order valence-electron chi connectivity index (χ1n) is 5.75. The van der Waals surface area contributed by atoms with Gasteiger partial charge in [-0.25, -0.2) is 0 Å². The van der Waals surface area contributed by atoms with Gasteiger partial charge in [-0.3, -0.25) is 19.3 Å². The molecule has 0 aliphatic rings. The van der Waals surface area contributed by atoms with Gasteiger partial charge in [-0.1, -0.05) is 23.2 Å². The van der Waals surface area contributed by atoms with E-state index in [1.165, 1.54) is 12.1 Å². The molecule has 0 unspecified atom stereocenters. The van der Waals surface area contributed by atoms with Crippen LogP contribution in [-0.4, -0.2) is 47.4 Å². The predicted octanol–water partition coefficient (Wildman–Crippen LogP) is 0.804. The summed E-state index contributed by atoms with van der Waals surface area (Å²) in [5, 5.41) is 11.9. The van der Waals surface area contributed by atoms with Crippen molar-refractivity contribution in [3.05, 3.63) is 28.2 Å². The number of nitrogens with zero attached hydrogens (tertiary/aromatic N) is 1. The van der Waals surface area contributed by atoms with E-state index in [1.807, 2.05) is 0 Å². The normalized spacial score (nSPS) is 10.4. The average Bonchev–Trinajstić information content (AvgIpc) is 2.31. The van der Waals surface area contributed by atoms with E-state index in [9.17, 15) is 14.4 Å². The van der Waals surface area contributed by atoms with Crippen LogP contribution < -0.4 is 11.1 Å². The van der Waals surface area contributed by atoms with E-state index < -0.39 is 24.3 Å². The third kappa shape index (κ3) is 6.44. The van der Waals surface area contributed by atoms with E-state index in [4.69, 9.17) is 34.0 Å². The van der Waals surface area contributed by atoms with Gasteiger partial charge in [0.15, 0.2) is 0 Å². The van der Waals surface area contributed by atoms with Gasteiger partial charge in [-0.15, -0.1) is 0 Å². The van der Waals surface area contributed by atoms with E-state index in [-0.39, 0.29) is 18.1 Å². The fraction of sp³-hybridized carbons (Fsp3) is 0.250. The van der Waals surface area contributed by atoms with Crippen LogP contribution in [0.2, 0.25) is 10.0 Å². The van der Waals surface area contributed by atoms with Crippen LogP contribution in [0, 0.1) is 0 Å². The number of halogens is 2. The molecule has 9 heteroatoms. The smallest absolute Gasteiger partial charge is 0.317 e. The van der Waals surface area contributed by atoms with Gasteiger partial charge in [-0.2, -0.15) is 0 Å². The summed E-state index contributed by atoms with van der Waals surface area (Å²) in [7, 11) is 0. The van der Waals surface area contributed by atoms with Crippen LogP contribution >= 0.6 is 23.2 Å². The minimum Gasteiger partial charge on any atom is -0.480 e. The number of carbonyl (C=O) groups is 3. The van der Waals surface area contributed by atoms with Crippen molar-refractivity contribution >= 4 is 46.7 Å². The summed E-state index contributed by atoms with van der Waals surface area (Å²) in [5.41, 5.74) is 5.29. The fourth-order valence-electron chi connectivity index (χ4n) is 1.57. The Morgan fingerprint density at radius 2 is 1.86 bits per heavy atom. The van der Waals surface area contributed by atoms with Crippen molar-refractivity contribution in [2.75, 3.05) is 25.0 Å². The van der Waals surface area contributed by atoms with Crippen LogP contribution in [0.3, 0.4) is 0 Å². The first-order valence-corrected chi connectivity index (χ1v) is 6.51. The summed E-state index contributed by atoms with van der Waals surface area (Å²) in [6.45, 7) is -1.15. The molecular formula is C12H13Cl2N3O4. The summed E-state index contributed by atoms with van der Waals surface area (Å²) in [6, 6.07) is 4.53. The van der Waals surface area contributed by atoms with E-state index >= 15 is 0 Å². The molecule has 1 aromatic rings. The number of amides is 2. The van der Waals surface area contributed by atoms with Crippen LogP contribution in [-0.2, 0) is 14.4 Å². The third-order valence-corrected chi connectivity index (χ3v) is 2.87. The van der Waals surface area contributed by atoms with Crippen LogP contribution in [0.4, 0.5) is 5.69 Å². The number of aliphatic carboxylic acids is 1. The SMILES string of the molecule is NC(=O)CN(CC(=O)O)CC(=O)Nc1cc(Cl)ccc1Cl. The lowest BCUT2D eigenvalue weighted by Gasteiger charge is -2.18. The van der Waals surface area contributed by atoms with Crippen molar-refractivity contribution in [2.24, 2.45) is 5.73 Å². The summed E-state index contributed by atoms with van der Waals surface area (Å²) < 4.78 is 0. The second kappa shape index (κ2) is 7.82. The molecular weight excluding hydrogens is 321 g/mol. The van der Waals surface area contributed by atoms with Gasteiger partial charge in [-0.05, 0) is 18.2 Å². The number of carboxylic acids is 1. The molecule has 1 rings (SSSR count). The number of hydrogen-bond donors (Lipinski definition) is 3. The molecule has 7 nitrogen and oxygen atoms in total. The van der Waals surface area contributed by atoms with Crippen LogP contribution in [0.1, 0.15) is 0 Å². The molecule has 4 N–H and O–H groups in total. The first-order chi connectivity index (χ1) is 9.77. The molecule has 0 saturated heterocycles. The van der Waals surface area contributed by atoms with Gasteiger partial charge in [0.05, 0.1) is 30.3 Å². The van der Waals surface area contributed by atoms with Gasteiger partial charge in [0.1, 0.15) is 0 Å². The topological polar surface area (TPSA) is 113 Å². The number of nitrogens with two attached hydrogens (primary N) is 1. The van der Waals surface area contributed by atoms with E-state index in [2.05, 4.69) is 5.32 Å². The number of primary amides is 1. The van der Waals surface area contributed by atoms with Crippen molar-refractivity contribution in [2.45, 2.75) is 0 Å². The molecule has 0 radical (unpaired) electrons. The third-order valence-electron chi connectivity index (χ3n) is 2.31. The monoisotopic (exact) mass is 333 g/mol. The Morgan fingerprint density at radius 3 is 2.43 bits per heavy atom. The van der Waals surface area contributed by atoms with Crippen molar-refractivity contribution in [1.82, 2.24) is 4.90 Å². The Bertz CT molecular complexity index is 549. The second-order valence-corrected chi connectivity index (χ2v) is 5.02. The van der Waals surface area contributed by atoms with E-state index in [0.717, 1.165) is 4.90 Å². The lowest BCUT2D eigenvalue weighted by molar-refractivity contribution is -0.138. The quantitative estimate of drug-likeness (QED) is 0.683. The summed E-state index contributed by atoms with van der Waals surface area (Å²) >= 11 is 11.7. The zero-order valence-corrected chi connectivity index (χ0v) is 12.3. The number of nitrogens with one attached hydrogen (secondary N) is 1. The highest BCUT2D eigenvalue weighted by atomic mass is 35.5. The van der Waals surface area contributed by atoms with Crippen LogP contribution in [0.5, 0.6) is 0 Å². The van der Waals surface area contributed by atoms with Crippen molar-refractivity contribution in [3.8, 4) is 0 Å². The van der Waals surface area contributed by atoms with Crippen molar-refractivity contribution in [3.63, 3.8) is 0 Å². The lowest BCUT2D eigenvalue weighted by Crippen LogP contribution is -2.41. The highest BCUT2D eigenvalue weighted by Gasteiger charge is 2.16. The Hall–Kier alpha value is -1.83. The molecule has 21 heavy (non-hydrogen) atoms. The number of benzene rings is 1. The summed E-state index contributed by atoms with van der Waals surface area (Å²) in [4.78, 5) is 34.5. The largest absolute Gasteiger partial charge is 0.480 e. The number of anilines is 1. The first kappa shape index (κ1) is 17.2. The van der Waals surface area contributed by atoms with Gasteiger partial charge in [0.25, 0.3) is 0 Å². The number of hydrogen-bond acceptors (Lipinski definition) is 4. The summed E-state index contributed by atoms with van der Waals surface area (Å²) in [5.74, 6) is -2.45. The minimum atomic E-state index is -1.18. The molecule has 1 aromatic carbocycles. The highest BCUT2D eigenvalue weighted by molar-refractivity contribution is 6.35. The highest BCUT2D eigenvalue weighted by Crippen LogP contribution is 2.25. The average molecular weight is 334 g/mol. The molecule has 0 aromatic heterocycles. The maximum Gasteiger partial charge on any atom is 0.317 e. The summed E-state index contributed by atoms with van der Waals surface area (Å²) in [6.07, 6.45) is 0. The van der Waals surface area contributed by atoms with Crippen LogP contribution in [0.25, 0.3) is 0 Å². The Balaban J connectivity index is 2.70. The zero-order valence-electron chi connectivity index (χ0n) is 10.8. The predicted molar refractivity (Wildman–Crippen MR) is 78.4 cm³/mol. The molecule has 0 atom stereocenters. The van der Waals surface area contributed by atoms with Crippen molar-refractivity contribution < 1.29 is 19.5 Å². The maximum atomic E-state index is 11.8. The van der Waals surface area contributed by atoms with E-state index in [1.54, 1.807) is 6.07 Å². The van der Waals surface area contributed by atoms with Gasteiger partial charge in [0.2, 0.25) is 11.8 Å². The molecule has 0 fully saturated rings. The second-order valence-electron chi connectivity index (χ2n) is 4.18. The molecule has 114 valence electrons. The Labute approximate surface area is 130 Å². The van der Waals surface area contributed by atoms with Gasteiger partial charge < -0.3 is 16.2 Å². The molecule has 0 bridgehead atoms. The van der Waals surface area contributed by atoms with Gasteiger partial charge >= 0.3 is 5.97 Å². The standard InChI is InChI=1S/C12H13Cl2N3O4/c13-7-1-2-8(14)9(3-7)16-11(19)5-17(4-10(15)18)6-12(20)21/h1-3H,4-6H2,(H2,15,18)(H,16,19)(H,20,21).